The second-order valence-corrected chi connectivity index (χ2v) is 4.73. The van der Waals surface area contributed by atoms with Gasteiger partial charge in [0.25, 0.3) is 0 Å². The van der Waals surface area contributed by atoms with Crippen LogP contribution in [-0.2, 0) is 0 Å². The first-order valence-electron chi connectivity index (χ1n) is 4.93. The quantitative estimate of drug-likeness (QED) is 0.831. The standard InChI is InChI=1S/C11H13Cl2NOS/c1-2-7(6-11(14)16)15-8-3-4-9(12)10(13)5-8/h3-5,7H,2,6H2,1H3,(H2,14,16). The fourth-order valence-electron chi connectivity index (χ4n) is 1.24. The molecular weight excluding hydrogens is 265 g/mol. The Morgan fingerprint density at radius 3 is 2.62 bits per heavy atom. The lowest BCUT2D eigenvalue weighted by Crippen LogP contribution is -2.23. The Morgan fingerprint density at radius 1 is 1.44 bits per heavy atom. The van der Waals surface area contributed by atoms with Crippen molar-refractivity contribution in [2.75, 3.05) is 0 Å². The van der Waals surface area contributed by atoms with Crippen LogP contribution in [-0.4, -0.2) is 11.1 Å². The average molecular weight is 278 g/mol. The van der Waals surface area contributed by atoms with E-state index in [0.717, 1.165) is 6.42 Å². The van der Waals surface area contributed by atoms with Gasteiger partial charge in [-0.3, -0.25) is 0 Å². The first-order valence-corrected chi connectivity index (χ1v) is 6.09. The minimum absolute atomic E-state index is 0.0188. The van der Waals surface area contributed by atoms with Crippen LogP contribution in [0.1, 0.15) is 19.8 Å². The lowest BCUT2D eigenvalue weighted by molar-refractivity contribution is 0.205. The summed E-state index contributed by atoms with van der Waals surface area (Å²) in [4.78, 5) is 0.451. The van der Waals surface area contributed by atoms with E-state index in [1.54, 1.807) is 18.2 Å². The molecule has 0 aliphatic carbocycles. The van der Waals surface area contributed by atoms with Gasteiger partial charge in [0.05, 0.1) is 15.0 Å². The van der Waals surface area contributed by atoms with Crippen LogP contribution < -0.4 is 10.5 Å². The Labute approximate surface area is 111 Å². The lowest BCUT2D eigenvalue weighted by Gasteiger charge is -2.17. The first-order chi connectivity index (χ1) is 7.52. The summed E-state index contributed by atoms with van der Waals surface area (Å²) in [5, 5.41) is 0.987. The Kier molecular flexibility index (Phi) is 5.32. The van der Waals surface area contributed by atoms with E-state index in [-0.39, 0.29) is 6.10 Å². The maximum absolute atomic E-state index is 5.88. The maximum Gasteiger partial charge on any atom is 0.121 e. The first kappa shape index (κ1) is 13.6. The third-order valence-corrected chi connectivity index (χ3v) is 2.98. The molecule has 1 aromatic carbocycles. The van der Waals surface area contributed by atoms with Crippen LogP contribution >= 0.6 is 35.4 Å². The number of hydrogen-bond acceptors (Lipinski definition) is 2. The fourth-order valence-corrected chi connectivity index (χ4v) is 1.71. The van der Waals surface area contributed by atoms with Gasteiger partial charge in [-0.2, -0.15) is 0 Å². The molecule has 0 radical (unpaired) electrons. The summed E-state index contributed by atoms with van der Waals surface area (Å²) < 4.78 is 5.70. The van der Waals surface area contributed by atoms with Crippen molar-refractivity contribution in [1.29, 1.82) is 0 Å². The van der Waals surface area contributed by atoms with Crippen LogP contribution in [0.15, 0.2) is 18.2 Å². The predicted molar refractivity (Wildman–Crippen MR) is 72.6 cm³/mol. The van der Waals surface area contributed by atoms with Crippen LogP contribution in [0, 0.1) is 0 Å². The van der Waals surface area contributed by atoms with Crippen molar-refractivity contribution in [2.45, 2.75) is 25.9 Å². The van der Waals surface area contributed by atoms with Gasteiger partial charge in [0.1, 0.15) is 11.9 Å². The van der Waals surface area contributed by atoms with Crippen LogP contribution in [0.2, 0.25) is 10.0 Å². The van der Waals surface area contributed by atoms with Crippen LogP contribution in [0.3, 0.4) is 0 Å². The van der Waals surface area contributed by atoms with E-state index in [1.807, 2.05) is 6.92 Å². The fraction of sp³-hybridized carbons (Fsp3) is 0.364. The van der Waals surface area contributed by atoms with E-state index in [2.05, 4.69) is 0 Å². The third-order valence-electron chi connectivity index (χ3n) is 2.08. The highest BCUT2D eigenvalue weighted by Gasteiger charge is 2.10. The zero-order valence-electron chi connectivity index (χ0n) is 8.87. The smallest absolute Gasteiger partial charge is 0.121 e. The van der Waals surface area contributed by atoms with E-state index >= 15 is 0 Å². The maximum atomic E-state index is 5.88. The largest absolute Gasteiger partial charge is 0.490 e. The Balaban J connectivity index is 2.70. The summed E-state index contributed by atoms with van der Waals surface area (Å²) in [5.41, 5.74) is 5.48. The minimum Gasteiger partial charge on any atom is -0.490 e. The zero-order chi connectivity index (χ0) is 12.1. The van der Waals surface area contributed by atoms with Gasteiger partial charge in [-0.25, -0.2) is 0 Å². The molecule has 0 aliphatic heterocycles. The summed E-state index contributed by atoms with van der Waals surface area (Å²) in [6, 6.07) is 5.16. The molecule has 1 atom stereocenters. The molecule has 2 N–H and O–H groups in total. The molecule has 0 heterocycles. The molecule has 1 rings (SSSR count). The topological polar surface area (TPSA) is 35.2 Å². The van der Waals surface area contributed by atoms with Gasteiger partial charge in [-0.1, -0.05) is 42.3 Å². The predicted octanol–water partition coefficient (Wildman–Crippen LogP) is 3.83. The highest BCUT2D eigenvalue weighted by molar-refractivity contribution is 7.80. The number of benzene rings is 1. The molecule has 0 fully saturated rings. The Bertz CT molecular complexity index is 384. The number of ether oxygens (including phenoxy) is 1. The molecule has 0 amide bonds. The number of nitrogens with two attached hydrogens (primary N) is 1. The third kappa shape index (κ3) is 4.16. The molecule has 0 bridgehead atoms. The molecule has 1 unspecified atom stereocenters. The molecule has 2 nitrogen and oxygen atoms in total. The summed E-state index contributed by atoms with van der Waals surface area (Å²) >= 11 is 16.5. The van der Waals surface area contributed by atoms with Gasteiger partial charge >= 0.3 is 0 Å². The van der Waals surface area contributed by atoms with Crippen LogP contribution in [0.5, 0.6) is 5.75 Å². The summed E-state index contributed by atoms with van der Waals surface area (Å²) in [5.74, 6) is 0.678. The molecule has 0 saturated carbocycles. The number of hydrogen-bond donors (Lipinski definition) is 1. The number of rotatable bonds is 5. The number of halogens is 2. The second-order valence-electron chi connectivity index (χ2n) is 3.39. The van der Waals surface area contributed by atoms with Gasteiger partial charge in [-0.05, 0) is 18.6 Å². The molecule has 0 aliphatic rings. The van der Waals surface area contributed by atoms with Gasteiger partial charge in [0.2, 0.25) is 0 Å². The summed E-state index contributed by atoms with van der Waals surface area (Å²) in [7, 11) is 0. The molecule has 0 saturated heterocycles. The molecule has 88 valence electrons. The molecular formula is C11H13Cl2NOS. The van der Waals surface area contributed by atoms with Crippen molar-refractivity contribution in [3.8, 4) is 5.75 Å². The van der Waals surface area contributed by atoms with Crippen molar-refractivity contribution in [2.24, 2.45) is 5.73 Å². The van der Waals surface area contributed by atoms with E-state index < -0.39 is 0 Å². The van der Waals surface area contributed by atoms with Crippen LogP contribution in [0.4, 0.5) is 0 Å². The zero-order valence-corrected chi connectivity index (χ0v) is 11.2. The van der Waals surface area contributed by atoms with Crippen molar-refractivity contribution < 1.29 is 4.74 Å². The summed E-state index contributed by atoms with van der Waals surface area (Å²) in [6.07, 6.45) is 1.37. The van der Waals surface area contributed by atoms with E-state index in [0.29, 0.717) is 27.2 Å². The average Bonchev–Trinajstić information content (AvgIpc) is 2.22. The lowest BCUT2D eigenvalue weighted by atomic mass is 10.2. The highest BCUT2D eigenvalue weighted by Crippen LogP contribution is 2.27. The molecule has 5 heteroatoms. The minimum atomic E-state index is -0.0188. The Hall–Kier alpha value is -0.510. The van der Waals surface area contributed by atoms with Gasteiger partial charge in [0.15, 0.2) is 0 Å². The normalized spacial score (nSPS) is 12.2. The van der Waals surface area contributed by atoms with Crippen molar-refractivity contribution in [3.63, 3.8) is 0 Å². The van der Waals surface area contributed by atoms with Crippen molar-refractivity contribution >= 4 is 40.4 Å². The van der Waals surface area contributed by atoms with Crippen molar-refractivity contribution in [3.05, 3.63) is 28.2 Å². The SMILES string of the molecule is CCC(CC(N)=S)Oc1ccc(Cl)c(Cl)c1. The van der Waals surface area contributed by atoms with E-state index in [1.165, 1.54) is 0 Å². The van der Waals surface area contributed by atoms with Crippen LogP contribution in [0.25, 0.3) is 0 Å². The second kappa shape index (κ2) is 6.28. The highest BCUT2D eigenvalue weighted by atomic mass is 35.5. The molecule has 1 aromatic rings. The van der Waals surface area contributed by atoms with Gasteiger partial charge in [0, 0.05) is 12.5 Å². The Morgan fingerprint density at radius 2 is 2.12 bits per heavy atom. The molecule has 0 spiro atoms. The van der Waals surface area contributed by atoms with Crippen molar-refractivity contribution in [1.82, 2.24) is 0 Å². The monoisotopic (exact) mass is 277 g/mol. The molecule has 0 aromatic heterocycles. The summed E-state index contributed by atoms with van der Waals surface area (Å²) in [6.45, 7) is 2.01. The van der Waals surface area contributed by atoms with E-state index in [4.69, 9.17) is 45.9 Å². The number of thiocarbonyl (C=S) groups is 1. The molecule has 16 heavy (non-hydrogen) atoms. The van der Waals surface area contributed by atoms with Gasteiger partial charge < -0.3 is 10.5 Å². The van der Waals surface area contributed by atoms with E-state index in [9.17, 15) is 0 Å². The van der Waals surface area contributed by atoms with Gasteiger partial charge in [-0.15, -0.1) is 0 Å².